The minimum Gasteiger partial charge on any atom is -0.378 e. The summed E-state index contributed by atoms with van der Waals surface area (Å²) in [4.78, 5) is 4.79. The van der Waals surface area contributed by atoms with Gasteiger partial charge >= 0.3 is 0 Å². The molecule has 1 heterocycles. The molecule has 0 spiro atoms. The van der Waals surface area contributed by atoms with Crippen molar-refractivity contribution in [3.05, 3.63) is 0 Å². The van der Waals surface area contributed by atoms with Crippen LogP contribution < -0.4 is 0 Å². The van der Waals surface area contributed by atoms with E-state index in [-0.39, 0.29) is 5.54 Å². The SMILES string of the molecule is CN(CCN(C)C(C)(C)C)C1COC1. The smallest absolute Gasteiger partial charge is 0.0645 e. The van der Waals surface area contributed by atoms with Crippen LogP contribution >= 0.6 is 0 Å². The van der Waals surface area contributed by atoms with Gasteiger partial charge in [0.15, 0.2) is 0 Å². The van der Waals surface area contributed by atoms with Crippen LogP contribution in [0.2, 0.25) is 0 Å². The lowest BCUT2D eigenvalue weighted by Crippen LogP contribution is -2.50. The molecular formula is C11H24N2O. The average Bonchev–Trinajstić information content (AvgIpc) is 1.94. The highest BCUT2D eigenvalue weighted by Crippen LogP contribution is 2.11. The minimum atomic E-state index is 0.275. The van der Waals surface area contributed by atoms with Crippen molar-refractivity contribution in [3.63, 3.8) is 0 Å². The van der Waals surface area contributed by atoms with Crippen LogP contribution in [0.4, 0.5) is 0 Å². The fraction of sp³-hybridized carbons (Fsp3) is 1.00. The molecule has 0 saturated carbocycles. The highest BCUT2D eigenvalue weighted by atomic mass is 16.5. The topological polar surface area (TPSA) is 15.7 Å². The van der Waals surface area contributed by atoms with Crippen molar-refractivity contribution < 1.29 is 4.74 Å². The van der Waals surface area contributed by atoms with Crippen molar-refractivity contribution in [2.75, 3.05) is 40.4 Å². The molecule has 1 aliphatic rings. The third-order valence-corrected chi connectivity index (χ3v) is 3.18. The monoisotopic (exact) mass is 200 g/mol. The molecule has 0 aliphatic carbocycles. The quantitative estimate of drug-likeness (QED) is 0.674. The van der Waals surface area contributed by atoms with Crippen LogP contribution in [0.3, 0.4) is 0 Å². The molecule has 0 radical (unpaired) electrons. The van der Waals surface area contributed by atoms with Gasteiger partial charge < -0.3 is 9.64 Å². The molecule has 3 heteroatoms. The third kappa shape index (κ3) is 3.23. The molecule has 0 unspecified atom stereocenters. The van der Waals surface area contributed by atoms with E-state index in [1.807, 2.05) is 0 Å². The van der Waals surface area contributed by atoms with Gasteiger partial charge in [0.25, 0.3) is 0 Å². The van der Waals surface area contributed by atoms with Gasteiger partial charge in [-0.15, -0.1) is 0 Å². The van der Waals surface area contributed by atoms with Gasteiger partial charge in [-0.3, -0.25) is 4.90 Å². The molecule has 0 aromatic rings. The summed E-state index contributed by atoms with van der Waals surface area (Å²) >= 11 is 0. The molecule has 0 N–H and O–H groups in total. The van der Waals surface area contributed by atoms with Crippen molar-refractivity contribution in [2.45, 2.75) is 32.4 Å². The Kier molecular flexibility index (Phi) is 3.93. The lowest BCUT2D eigenvalue weighted by molar-refractivity contribution is -0.0585. The second kappa shape index (κ2) is 4.60. The first-order chi connectivity index (χ1) is 6.41. The molecule has 0 amide bonds. The predicted molar refractivity (Wildman–Crippen MR) is 59.6 cm³/mol. The normalized spacial score (nSPS) is 19.1. The van der Waals surface area contributed by atoms with Crippen LogP contribution in [0, 0.1) is 0 Å². The maximum absolute atomic E-state index is 5.17. The molecule has 0 atom stereocenters. The zero-order valence-corrected chi connectivity index (χ0v) is 10.2. The number of likely N-dealkylation sites (N-methyl/N-ethyl adjacent to an activating group) is 2. The van der Waals surface area contributed by atoms with E-state index in [1.165, 1.54) is 0 Å². The molecule has 1 rings (SSSR count). The number of nitrogens with zero attached hydrogens (tertiary/aromatic N) is 2. The summed E-state index contributed by atoms with van der Waals surface area (Å²) in [5.74, 6) is 0. The van der Waals surface area contributed by atoms with Crippen LogP contribution in [-0.4, -0.2) is 61.8 Å². The van der Waals surface area contributed by atoms with Gasteiger partial charge in [-0.05, 0) is 34.9 Å². The van der Waals surface area contributed by atoms with Crippen molar-refractivity contribution >= 4 is 0 Å². The molecule has 3 nitrogen and oxygen atoms in total. The Morgan fingerprint density at radius 3 is 2.07 bits per heavy atom. The number of ether oxygens (including phenoxy) is 1. The summed E-state index contributed by atoms with van der Waals surface area (Å²) in [6.07, 6.45) is 0. The lowest BCUT2D eigenvalue weighted by atomic mass is 10.1. The molecule has 84 valence electrons. The summed E-state index contributed by atoms with van der Waals surface area (Å²) in [6.45, 7) is 10.8. The Bertz CT molecular complexity index is 173. The molecule has 0 aromatic heterocycles. The van der Waals surface area contributed by atoms with Gasteiger partial charge in [0.1, 0.15) is 0 Å². The van der Waals surface area contributed by atoms with Crippen LogP contribution in [-0.2, 0) is 4.74 Å². The number of hydrogen-bond donors (Lipinski definition) is 0. The second-order valence-corrected chi connectivity index (χ2v) is 5.26. The Morgan fingerprint density at radius 1 is 1.14 bits per heavy atom. The standard InChI is InChI=1S/C11H24N2O/c1-11(2,3)13(5)7-6-12(4)10-8-14-9-10/h10H,6-9H2,1-5H3. The average molecular weight is 200 g/mol. The van der Waals surface area contributed by atoms with Crippen molar-refractivity contribution in [2.24, 2.45) is 0 Å². The summed E-state index contributed by atoms with van der Waals surface area (Å²) in [5.41, 5.74) is 0.275. The zero-order valence-electron chi connectivity index (χ0n) is 10.2. The highest BCUT2D eigenvalue weighted by Gasteiger charge is 2.24. The van der Waals surface area contributed by atoms with Gasteiger partial charge in [-0.2, -0.15) is 0 Å². The van der Waals surface area contributed by atoms with Gasteiger partial charge in [0, 0.05) is 18.6 Å². The molecule has 1 fully saturated rings. The lowest BCUT2D eigenvalue weighted by Gasteiger charge is -2.38. The van der Waals surface area contributed by atoms with E-state index in [0.717, 1.165) is 26.3 Å². The van der Waals surface area contributed by atoms with E-state index in [0.29, 0.717) is 6.04 Å². The van der Waals surface area contributed by atoms with Crippen molar-refractivity contribution in [1.29, 1.82) is 0 Å². The summed E-state index contributed by atoms with van der Waals surface area (Å²) in [5, 5.41) is 0. The Labute approximate surface area is 88.0 Å². The van der Waals surface area contributed by atoms with Gasteiger partial charge in [-0.1, -0.05) is 0 Å². The molecular weight excluding hydrogens is 176 g/mol. The molecule has 1 saturated heterocycles. The van der Waals surface area contributed by atoms with E-state index >= 15 is 0 Å². The van der Waals surface area contributed by atoms with Crippen LogP contribution in [0.5, 0.6) is 0 Å². The first kappa shape index (κ1) is 12.0. The van der Waals surface area contributed by atoms with Crippen LogP contribution in [0.25, 0.3) is 0 Å². The first-order valence-electron chi connectivity index (χ1n) is 5.40. The Morgan fingerprint density at radius 2 is 1.71 bits per heavy atom. The van der Waals surface area contributed by atoms with Gasteiger partial charge in [0.05, 0.1) is 19.3 Å². The summed E-state index contributed by atoms with van der Waals surface area (Å²) in [7, 11) is 4.37. The van der Waals surface area contributed by atoms with Crippen molar-refractivity contribution in [3.8, 4) is 0 Å². The maximum Gasteiger partial charge on any atom is 0.0645 e. The largest absolute Gasteiger partial charge is 0.378 e. The molecule has 0 bridgehead atoms. The molecule has 0 aromatic carbocycles. The Balaban J connectivity index is 2.18. The summed E-state index contributed by atoms with van der Waals surface area (Å²) in [6, 6.07) is 0.656. The van der Waals surface area contributed by atoms with E-state index in [2.05, 4.69) is 44.7 Å². The van der Waals surface area contributed by atoms with Crippen molar-refractivity contribution in [1.82, 2.24) is 9.80 Å². The predicted octanol–water partition coefficient (Wildman–Crippen LogP) is 1.05. The fourth-order valence-electron chi connectivity index (χ4n) is 1.30. The van der Waals surface area contributed by atoms with Gasteiger partial charge in [0.2, 0.25) is 0 Å². The molecule has 14 heavy (non-hydrogen) atoms. The van der Waals surface area contributed by atoms with E-state index in [9.17, 15) is 0 Å². The third-order valence-electron chi connectivity index (χ3n) is 3.18. The number of hydrogen-bond acceptors (Lipinski definition) is 3. The van der Waals surface area contributed by atoms with Crippen LogP contribution in [0.1, 0.15) is 20.8 Å². The summed E-state index contributed by atoms with van der Waals surface area (Å²) < 4.78 is 5.17. The first-order valence-corrected chi connectivity index (χ1v) is 5.40. The number of rotatable bonds is 4. The molecule has 1 aliphatic heterocycles. The van der Waals surface area contributed by atoms with E-state index in [4.69, 9.17) is 4.74 Å². The highest BCUT2D eigenvalue weighted by molar-refractivity contribution is 4.78. The Hall–Kier alpha value is -0.120. The second-order valence-electron chi connectivity index (χ2n) is 5.26. The van der Waals surface area contributed by atoms with Crippen LogP contribution in [0.15, 0.2) is 0 Å². The van der Waals surface area contributed by atoms with E-state index in [1.54, 1.807) is 0 Å². The van der Waals surface area contributed by atoms with E-state index < -0.39 is 0 Å². The van der Waals surface area contributed by atoms with Gasteiger partial charge in [-0.25, -0.2) is 0 Å². The maximum atomic E-state index is 5.17. The zero-order chi connectivity index (χ0) is 10.8. The fourth-order valence-corrected chi connectivity index (χ4v) is 1.30. The minimum absolute atomic E-state index is 0.275.